The normalized spacial score (nSPS) is 17.7. The Balaban J connectivity index is 1.53. The number of carbonyl (C=O) groups is 1. The number of aryl methyl sites for hydroxylation is 3. The third-order valence-corrected chi connectivity index (χ3v) is 4.10. The van der Waals surface area contributed by atoms with Gasteiger partial charge in [0.2, 0.25) is 11.8 Å². The zero-order chi connectivity index (χ0) is 16.2. The lowest BCUT2D eigenvalue weighted by atomic mass is 10.1. The predicted molar refractivity (Wildman–Crippen MR) is 82.7 cm³/mol. The molecule has 3 rings (SSSR count). The van der Waals surface area contributed by atoms with Crippen molar-refractivity contribution >= 4 is 5.91 Å². The van der Waals surface area contributed by atoms with E-state index in [2.05, 4.69) is 20.1 Å². The molecule has 1 saturated heterocycles. The van der Waals surface area contributed by atoms with Gasteiger partial charge in [-0.1, -0.05) is 12.1 Å². The van der Waals surface area contributed by atoms with Crippen molar-refractivity contribution in [3.05, 3.63) is 35.5 Å². The molecule has 0 radical (unpaired) electrons. The van der Waals surface area contributed by atoms with Gasteiger partial charge in [0.25, 0.3) is 0 Å². The van der Waals surface area contributed by atoms with Crippen LogP contribution in [-0.2, 0) is 17.6 Å². The van der Waals surface area contributed by atoms with E-state index < -0.39 is 0 Å². The number of nitrogens with zero attached hydrogens (tertiary/aromatic N) is 5. The van der Waals surface area contributed by atoms with Gasteiger partial charge >= 0.3 is 0 Å². The maximum Gasteiger partial charge on any atom is 0.227 e. The Bertz CT molecular complexity index is 685. The maximum atomic E-state index is 12.3. The molecule has 0 aliphatic carbocycles. The van der Waals surface area contributed by atoms with Crippen molar-refractivity contribution < 1.29 is 9.32 Å². The van der Waals surface area contributed by atoms with Gasteiger partial charge in [0, 0.05) is 50.2 Å². The van der Waals surface area contributed by atoms with Crippen LogP contribution < -0.4 is 0 Å². The minimum absolute atomic E-state index is 0.122. The van der Waals surface area contributed by atoms with E-state index in [4.69, 9.17) is 4.52 Å². The molecule has 0 aromatic carbocycles. The quantitative estimate of drug-likeness (QED) is 0.834. The number of likely N-dealkylation sites (tertiary alicyclic amines) is 1. The Labute approximate surface area is 135 Å². The van der Waals surface area contributed by atoms with Crippen LogP contribution in [0.15, 0.2) is 16.8 Å². The molecule has 0 bridgehead atoms. The smallest absolute Gasteiger partial charge is 0.227 e. The molecule has 23 heavy (non-hydrogen) atoms. The molecule has 2 aromatic rings. The summed E-state index contributed by atoms with van der Waals surface area (Å²) in [5.74, 6) is 2.41. The topological polar surface area (TPSA) is 85.0 Å². The largest absolute Gasteiger partial charge is 0.342 e. The molecule has 0 saturated carbocycles. The number of hydrogen-bond acceptors (Lipinski definition) is 6. The van der Waals surface area contributed by atoms with Crippen molar-refractivity contribution in [1.29, 1.82) is 0 Å². The van der Waals surface area contributed by atoms with E-state index in [9.17, 15) is 4.79 Å². The molecule has 3 heterocycles. The van der Waals surface area contributed by atoms with Gasteiger partial charge in [0.15, 0.2) is 5.82 Å². The van der Waals surface area contributed by atoms with Crippen LogP contribution in [-0.4, -0.2) is 44.0 Å². The van der Waals surface area contributed by atoms with Gasteiger partial charge in [-0.15, -0.1) is 0 Å². The zero-order valence-corrected chi connectivity index (χ0v) is 13.5. The lowest BCUT2D eigenvalue weighted by molar-refractivity contribution is -0.130. The van der Waals surface area contributed by atoms with Crippen LogP contribution in [0.2, 0.25) is 0 Å². The highest BCUT2D eigenvalue weighted by molar-refractivity contribution is 5.76. The second kappa shape index (κ2) is 6.85. The summed E-state index contributed by atoms with van der Waals surface area (Å²) in [7, 11) is 0. The van der Waals surface area contributed by atoms with Crippen molar-refractivity contribution in [3.63, 3.8) is 0 Å². The second-order valence-electron chi connectivity index (χ2n) is 5.84. The third-order valence-electron chi connectivity index (χ3n) is 4.10. The molecule has 1 aliphatic rings. The summed E-state index contributed by atoms with van der Waals surface area (Å²) in [6.45, 7) is 5.37. The van der Waals surface area contributed by atoms with E-state index in [1.165, 1.54) is 0 Å². The molecular formula is C16H21N5O2. The lowest BCUT2D eigenvalue weighted by Gasteiger charge is -2.15. The van der Waals surface area contributed by atoms with E-state index in [0.29, 0.717) is 31.1 Å². The monoisotopic (exact) mass is 315 g/mol. The number of hydrogen-bond donors (Lipinski definition) is 0. The van der Waals surface area contributed by atoms with Crippen LogP contribution in [0.3, 0.4) is 0 Å². The molecule has 0 N–H and O–H groups in total. The Morgan fingerprint density at radius 2 is 2.30 bits per heavy atom. The number of carbonyl (C=O) groups excluding carboxylic acids is 1. The molecule has 1 atom stereocenters. The molecule has 1 aliphatic heterocycles. The summed E-state index contributed by atoms with van der Waals surface area (Å²) in [4.78, 5) is 27.3. The van der Waals surface area contributed by atoms with Crippen molar-refractivity contribution in [2.75, 3.05) is 13.1 Å². The fourth-order valence-corrected chi connectivity index (χ4v) is 2.77. The Morgan fingerprint density at radius 1 is 1.43 bits per heavy atom. The third kappa shape index (κ3) is 3.72. The van der Waals surface area contributed by atoms with Gasteiger partial charge in [-0.05, 0) is 19.4 Å². The van der Waals surface area contributed by atoms with Gasteiger partial charge in [0.1, 0.15) is 5.82 Å². The highest BCUT2D eigenvalue weighted by atomic mass is 16.5. The van der Waals surface area contributed by atoms with E-state index in [-0.39, 0.29) is 11.8 Å². The fourth-order valence-electron chi connectivity index (χ4n) is 2.77. The predicted octanol–water partition coefficient (Wildman–Crippen LogP) is 1.68. The number of amides is 1. The standard InChI is InChI=1S/C16H21N5O2/c1-3-13-19-14(23-20-13)4-5-15(22)21-9-7-12(10-21)16-17-8-6-11(2)18-16/h6,8,12H,3-5,7,9-10H2,1-2H3/t12-/m1/s1. The first-order valence-electron chi connectivity index (χ1n) is 8.04. The second-order valence-corrected chi connectivity index (χ2v) is 5.84. The van der Waals surface area contributed by atoms with Crippen LogP contribution in [0.4, 0.5) is 0 Å². The Hall–Kier alpha value is -2.31. The first-order chi connectivity index (χ1) is 11.2. The summed E-state index contributed by atoms with van der Waals surface area (Å²) in [5.41, 5.74) is 0.961. The lowest BCUT2D eigenvalue weighted by Crippen LogP contribution is -2.28. The van der Waals surface area contributed by atoms with Crippen LogP contribution >= 0.6 is 0 Å². The first-order valence-corrected chi connectivity index (χ1v) is 8.04. The average molecular weight is 315 g/mol. The minimum atomic E-state index is 0.122. The van der Waals surface area contributed by atoms with Crippen molar-refractivity contribution in [3.8, 4) is 0 Å². The first kappa shape index (κ1) is 15.6. The van der Waals surface area contributed by atoms with Crippen molar-refractivity contribution in [2.45, 2.75) is 45.4 Å². The van der Waals surface area contributed by atoms with Crippen molar-refractivity contribution in [1.82, 2.24) is 25.0 Å². The molecule has 122 valence electrons. The van der Waals surface area contributed by atoms with E-state index >= 15 is 0 Å². The minimum Gasteiger partial charge on any atom is -0.342 e. The summed E-state index contributed by atoms with van der Waals surface area (Å²) in [6.07, 6.45) is 4.32. The molecule has 7 nitrogen and oxygen atoms in total. The molecule has 0 unspecified atom stereocenters. The fraction of sp³-hybridized carbons (Fsp3) is 0.562. The van der Waals surface area contributed by atoms with Crippen LogP contribution in [0.5, 0.6) is 0 Å². The van der Waals surface area contributed by atoms with Gasteiger partial charge in [-0.25, -0.2) is 9.97 Å². The Kier molecular flexibility index (Phi) is 4.64. The van der Waals surface area contributed by atoms with Gasteiger partial charge in [0.05, 0.1) is 0 Å². The van der Waals surface area contributed by atoms with E-state index in [1.807, 2.05) is 24.8 Å². The van der Waals surface area contributed by atoms with E-state index in [0.717, 1.165) is 30.9 Å². The van der Waals surface area contributed by atoms with Crippen LogP contribution in [0.1, 0.15) is 48.9 Å². The summed E-state index contributed by atoms with van der Waals surface area (Å²) in [6, 6.07) is 1.89. The van der Waals surface area contributed by atoms with Gasteiger partial charge < -0.3 is 9.42 Å². The summed E-state index contributed by atoms with van der Waals surface area (Å²) in [5, 5.41) is 3.84. The summed E-state index contributed by atoms with van der Waals surface area (Å²) >= 11 is 0. The molecule has 7 heteroatoms. The Morgan fingerprint density at radius 3 is 3.04 bits per heavy atom. The van der Waals surface area contributed by atoms with Crippen molar-refractivity contribution in [2.24, 2.45) is 0 Å². The van der Waals surface area contributed by atoms with E-state index in [1.54, 1.807) is 6.20 Å². The molecule has 0 spiro atoms. The van der Waals surface area contributed by atoms with Gasteiger partial charge in [-0.3, -0.25) is 4.79 Å². The van der Waals surface area contributed by atoms with Crippen LogP contribution in [0, 0.1) is 6.92 Å². The SMILES string of the molecule is CCc1noc(CCC(=O)N2CC[C@@H](c3nccc(C)n3)C2)n1. The molecule has 1 fully saturated rings. The maximum absolute atomic E-state index is 12.3. The molecular weight excluding hydrogens is 294 g/mol. The van der Waals surface area contributed by atoms with Crippen LogP contribution in [0.25, 0.3) is 0 Å². The zero-order valence-electron chi connectivity index (χ0n) is 13.5. The highest BCUT2D eigenvalue weighted by Crippen LogP contribution is 2.25. The number of rotatable bonds is 5. The molecule has 1 amide bonds. The average Bonchev–Trinajstić information content (AvgIpc) is 3.22. The van der Waals surface area contributed by atoms with Gasteiger partial charge in [-0.2, -0.15) is 4.98 Å². The number of aromatic nitrogens is 4. The highest BCUT2D eigenvalue weighted by Gasteiger charge is 2.29. The summed E-state index contributed by atoms with van der Waals surface area (Å²) < 4.78 is 5.12. The molecule has 2 aromatic heterocycles.